The molecule has 1 rings (SSSR count). The largest absolute Gasteiger partial charge is 0.474 e. The molecule has 1 aliphatic rings. The number of hydrogen-bond acceptors (Lipinski definition) is 13. The molecule has 0 aromatic carbocycles. The first-order valence-electron chi connectivity index (χ1n) is 25.7. The molecule has 0 radical (unpaired) electrons. The Balaban J connectivity index is 2.48. The van der Waals surface area contributed by atoms with Crippen molar-refractivity contribution in [2.75, 3.05) is 19.8 Å². The molecule has 0 spiro atoms. The van der Waals surface area contributed by atoms with Crippen molar-refractivity contribution in [2.24, 2.45) is 0 Å². The summed E-state index contributed by atoms with van der Waals surface area (Å²) in [7, 11) is -5.07. The fourth-order valence-electron chi connectivity index (χ4n) is 7.93. The number of phosphoric ester groups is 1. The second-order valence-corrected chi connectivity index (χ2v) is 19.5. The Hall–Kier alpha value is -1.64. The van der Waals surface area contributed by atoms with Gasteiger partial charge in [0.05, 0.1) is 6.61 Å². The van der Waals surface area contributed by atoms with Crippen LogP contribution in [0.15, 0.2) is 0 Å². The second-order valence-electron chi connectivity index (χ2n) is 18.1. The highest BCUT2D eigenvalue weighted by Gasteiger charge is 2.47. The van der Waals surface area contributed by atoms with Crippen LogP contribution >= 0.6 is 7.82 Å². The van der Waals surface area contributed by atoms with Crippen molar-refractivity contribution in [1.29, 1.82) is 0 Å². The van der Waals surface area contributed by atoms with E-state index in [9.17, 15) is 39.2 Å². The molecule has 1 heterocycles. The molecule has 0 amide bonds. The fraction of sp³-hybridized carbons (Fsp3) is 0.939. The van der Waals surface area contributed by atoms with Crippen LogP contribution in [0.3, 0.4) is 0 Å². The molecule has 1 fully saturated rings. The average Bonchev–Trinajstić information content (AvgIpc) is 3.26. The van der Waals surface area contributed by atoms with E-state index in [4.69, 9.17) is 28.0 Å². The zero-order valence-electron chi connectivity index (χ0n) is 40.4. The lowest BCUT2D eigenvalue weighted by molar-refractivity contribution is -0.282. The van der Waals surface area contributed by atoms with E-state index in [1.54, 1.807) is 0 Å². The third-order valence-electron chi connectivity index (χ3n) is 12.0. The topological polar surface area (TPSA) is 205 Å². The minimum atomic E-state index is -5.07. The molecule has 4 N–H and O–H groups in total. The molecule has 1 saturated heterocycles. The summed E-state index contributed by atoms with van der Waals surface area (Å²) in [4.78, 5) is 47.3. The molecule has 1 aliphatic heterocycles. The van der Waals surface area contributed by atoms with Crippen molar-refractivity contribution in [2.45, 2.75) is 276 Å². The van der Waals surface area contributed by atoms with Crippen LogP contribution in [0.5, 0.6) is 0 Å². The smallest absolute Gasteiger partial charge is 0.463 e. The van der Waals surface area contributed by atoms with Gasteiger partial charge in [0.25, 0.3) is 0 Å². The van der Waals surface area contributed by atoms with Gasteiger partial charge in [-0.1, -0.05) is 206 Å². The van der Waals surface area contributed by atoms with E-state index in [1.165, 1.54) is 154 Å². The first-order chi connectivity index (χ1) is 30.9. The molecular weight excluding hydrogens is 843 g/mol. The Labute approximate surface area is 387 Å². The zero-order valence-corrected chi connectivity index (χ0v) is 41.3. The predicted octanol–water partition coefficient (Wildman–Crippen LogP) is 11.2. The van der Waals surface area contributed by atoms with E-state index in [1.807, 2.05) is 0 Å². The lowest BCUT2D eigenvalue weighted by Gasteiger charge is -2.40. The van der Waals surface area contributed by atoms with Crippen molar-refractivity contribution >= 4 is 25.7 Å². The second kappa shape index (κ2) is 40.4. The maximum atomic E-state index is 13.0. The number of phosphoric acid groups is 1. The Morgan fingerprint density at radius 2 is 0.891 bits per heavy atom. The zero-order chi connectivity index (χ0) is 47.1. The highest BCUT2D eigenvalue weighted by Crippen LogP contribution is 2.46. The number of ether oxygens (including phenoxy) is 4. The molecule has 3 unspecified atom stereocenters. The van der Waals surface area contributed by atoms with Crippen LogP contribution < -0.4 is 0 Å². The highest BCUT2D eigenvalue weighted by molar-refractivity contribution is 7.47. The normalized spacial score (nSPS) is 20.1. The number of rotatable bonds is 44. The van der Waals surface area contributed by atoms with Gasteiger partial charge in [-0.3, -0.25) is 23.4 Å². The fourth-order valence-corrected chi connectivity index (χ4v) is 8.79. The van der Waals surface area contributed by atoms with Crippen LogP contribution in [0.1, 0.15) is 239 Å². The van der Waals surface area contributed by atoms with Gasteiger partial charge in [-0.25, -0.2) is 4.57 Å². The van der Waals surface area contributed by atoms with Crippen LogP contribution in [0.2, 0.25) is 0 Å². The molecule has 378 valence electrons. The van der Waals surface area contributed by atoms with E-state index < -0.39 is 82.4 Å². The number of carbonyl (C=O) groups excluding carboxylic acids is 3. The number of unbranched alkanes of at least 4 members (excludes halogenated alkanes) is 30. The van der Waals surface area contributed by atoms with E-state index in [0.29, 0.717) is 12.8 Å². The van der Waals surface area contributed by atoms with Crippen molar-refractivity contribution in [3.63, 3.8) is 0 Å². The lowest BCUT2D eigenvalue weighted by Crippen LogP contribution is -2.59. The SMILES string of the molecule is CCCCCCCCCCCCCCCCCCCC(=O)O[C@H](COC(=O)CCCCCCCCCCCCCCCCC)COP(=O)(O)O[C@@H]1O[C@H](COC(C)=O)[C@@H](O)C(O)C1O. The standard InChI is InChI=1S/C49H93O14P/c1-4-6-8-10-12-14-16-18-20-21-23-25-27-29-31-33-35-37-45(52)61-42(38-59-44(51)36-34-32-30-28-26-24-22-19-17-15-13-11-9-7-5-2)39-60-64(56,57)63-49-48(55)47(54)46(53)43(62-49)40-58-41(3)50/h42-43,46-49,53-55H,4-40H2,1-3H3,(H,56,57)/t42-,43-,46-,47?,48?,49+/m1/s1. The first kappa shape index (κ1) is 60.4. The van der Waals surface area contributed by atoms with Gasteiger partial charge in [-0.2, -0.15) is 0 Å². The summed E-state index contributed by atoms with van der Waals surface area (Å²) in [6, 6.07) is 0. The summed E-state index contributed by atoms with van der Waals surface area (Å²) >= 11 is 0. The third kappa shape index (κ3) is 33.8. The van der Waals surface area contributed by atoms with Gasteiger partial charge in [-0.15, -0.1) is 0 Å². The number of esters is 3. The van der Waals surface area contributed by atoms with Crippen LogP contribution in [0.4, 0.5) is 0 Å². The van der Waals surface area contributed by atoms with Gasteiger partial charge in [0.15, 0.2) is 12.4 Å². The average molecular weight is 937 g/mol. The first-order valence-corrected chi connectivity index (χ1v) is 27.2. The molecule has 0 aromatic rings. The van der Waals surface area contributed by atoms with Crippen LogP contribution in [0, 0.1) is 0 Å². The predicted molar refractivity (Wildman–Crippen MR) is 249 cm³/mol. The van der Waals surface area contributed by atoms with Crippen LogP contribution in [-0.4, -0.2) is 94.8 Å². The number of aliphatic hydroxyl groups is 3. The molecular formula is C49H93O14P. The quantitative estimate of drug-likeness (QED) is 0.0194. The molecule has 0 aromatic heterocycles. The Kier molecular flexibility index (Phi) is 38.1. The summed E-state index contributed by atoms with van der Waals surface area (Å²) < 4.78 is 44.1. The Morgan fingerprint density at radius 3 is 1.28 bits per heavy atom. The lowest BCUT2D eigenvalue weighted by atomic mass is 9.99. The monoisotopic (exact) mass is 937 g/mol. The maximum absolute atomic E-state index is 13.0. The van der Waals surface area contributed by atoms with E-state index in [0.717, 1.165) is 45.4 Å². The molecule has 0 aliphatic carbocycles. The van der Waals surface area contributed by atoms with Gasteiger partial charge in [0.2, 0.25) is 0 Å². The van der Waals surface area contributed by atoms with Crippen LogP contribution in [-0.2, 0) is 46.9 Å². The van der Waals surface area contributed by atoms with E-state index >= 15 is 0 Å². The Bertz CT molecular complexity index is 1190. The van der Waals surface area contributed by atoms with E-state index in [2.05, 4.69) is 13.8 Å². The molecule has 15 heteroatoms. The minimum absolute atomic E-state index is 0.113. The number of carbonyl (C=O) groups is 3. The summed E-state index contributed by atoms with van der Waals surface area (Å²) in [6.07, 6.45) is 28.9. The maximum Gasteiger partial charge on any atom is 0.474 e. The molecule has 7 atom stereocenters. The van der Waals surface area contributed by atoms with Gasteiger partial charge in [-0.05, 0) is 12.8 Å². The van der Waals surface area contributed by atoms with Gasteiger partial charge >= 0.3 is 25.7 Å². The number of hydrogen-bond donors (Lipinski definition) is 4. The van der Waals surface area contributed by atoms with Crippen molar-refractivity contribution in [3.05, 3.63) is 0 Å². The molecule has 14 nitrogen and oxygen atoms in total. The summed E-state index contributed by atoms with van der Waals surface area (Å²) in [5.74, 6) is -1.76. The summed E-state index contributed by atoms with van der Waals surface area (Å²) in [6.45, 7) is 3.97. The van der Waals surface area contributed by atoms with Crippen molar-refractivity contribution < 1.29 is 67.2 Å². The third-order valence-corrected chi connectivity index (χ3v) is 12.9. The molecule has 64 heavy (non-hydrogen) atoms. The van der Waals surface area contributed by atoms with Crippen molar-refractivity contribution in [1.82, 2.24) is 0 Å². The van der Waals surface area contributed by atoms with Gasteiger partial charge < -0.3 is 39.2 Å². The Morgan fingerprint density at radius 1 is 0.516 bits per heavy atom. The minimum Gasteiger partial charge on any atom is -0.463 e. The number of aliphatic hydroxyl groups excluding tert-OH is 3. The van der Waals surface area contributed by atoms with Crippen molar-refractivity contribution in [3.8, 4) is 0 Å². The van der Waals surface area contributed by atoms with Gasteiger partial charge in [0.1, 0.15) is 37.6 Å². The summed E-state index contributed by atoms with van der Waals surface area (Å²) in [5, 5.41) is 30.9. The van der Waals surface area contributed by atoms with E-state index in [-0.39, 0.29) is 12.8 Å². The summed E-state index contributed by atoms with van der Waals surface area (Å²) in [5.41, 5.74) is 0. The molecule has 0 saturated carbocycles. The van der Waals surface area contributed by atoms with Gasteiger partial charge in [0, 0.05) is 19.8 Å². The highest BCUT2D eigenvalue weighted by atomic mass is 31.2. The molecule has 0 bridgehead atoms. The van der Waals surface area contributed by atoms with Crippen LogP contribution in [0.25, 0.3) is 0 Å².